The molecule has 0 atom stereocenters. The summed E-state index contributed by atoms with van der Waals surface area (Å²) in [7, 11) is 1.64. The van der Waals surface area contributed by atoms with E-state index in [2.05, 4.69) is 32.1 Å². The normalized spacial score (nSPS) is 13.3. The van der Waals surface area contributed by atoms with E-state index in [4.69, 9.17) is 14.2 Å². The first-order chi connectivity index (χ1) is 17.6. The van der Waals surface area contributed by atoms with Gasteiger partial charge in [-0.25, -0.2) is 4.98 Å². The van der Waals surface area contributed by atoms with E-state index < -0.39 is 0 Å². The molecule has 1 aliphatic rings. The average Bonchev–Trinajstić information content (AvgIpc) is 3.39. The highest BCUT2D eigenvalue weighted by Gasteiger charge is 2.16. The van der Waals surface area contributed by atoms with Crippen molar-refractivity contribution in [1.82, 2.24) is 9.97 Å². The van der Waals surface area contributed by atoms with Gasteiger partial charge in [-0.05, 0) is 41.8 Å². The molecule has 1 amide bonds. The molecule has 10 heteroatoms. The van der Waals surface area contributed by atoms with Crippen molar-refractivity contribution >= 4 is 50.5 Å². The van der Waals surface area contributed by atoms with E-state index in [9.17, 15) is 4.79 Å². The third-order valence-corrected chi connectivity index (χ3v) is 6.47. The number of amides is 1. The second-order valence-electron chi connectivity index (χ2n) is 7.92. The number of carbonyl (C=O) groups excluding carboxylic acids is 1. The van der Waals surface area contributed by atoms with Crippen molar-refractivity contribution < 1.29 is 19.0 Å². The summed E-state index contributed by atoms with van der Waals surface area (Å²) in [6.07, 6.45) is 1.22. The number of rotatable bonds is 8. The molecule has 3 heterocycles. The predicted molar refractivity (Wildman–Crippen MR) is 142 cm³/mol. The summed E-state index contributed by atoms with van der Waals surface area (Å²) < 4.78 is 18.1. The van der Waals surface area contributed by atoms with Crippen LogP contribution in [0.1, 0.15) is 0 Å². The Kier molecular flexibility index (Phi) is 6.96. The topological polar surface area (TPSA) is 97.8 Å². The van der Waals surface area contributed by atoms with Crippen LogP contribution in [0, 0.1) is 0 Å². The summed E-state index contributed by atoms with van der Waals surface area (Å²) in [4.78, 5) is 23.2. The fourth-order valence-corrected chi connectivity index (χ4v) is 4.58. The molecule has 1 aliphatic heterocycles. The van der Waals surface area contributed by atoms with Gasteiger partial charge in [-0.15, -0.1) is 11.3 Å². The monoisotopic (exact) mass is 503 g/mol. The maximum atomic E-state index is 11.7. The van der Waals surface area contributed by atoms with Crippen molar-refractivity contribution in [3.8, 4) is 17.4 Å². The zero-order valence-corrected chi connectivity index (χ0v) is 20.5. The number of morpholine rings is 1. The summed E-state index contributed by atoms with van der Waals surface area (Å²) in [5, 5.41) is 7.94. The lowest BCUT2D eigenvalue weighted by Gasteiger charge is -2.29. The van der Waals surface area contributed by atoms with Gasteiger partial charge in [0, 0.05) is 36.6 Å². The van der Waals surface area contributed by atoms with Gasteiger partial charge in [-0.1, -0.05) is 12.6 Å². The number of carbonyl (C=O) groups is 1. The summed E-state index contributed by atoms with van der Waals surface area (Å²) in [5.74, 6) is 1.71. The Bertz CT molecular complexity index is 1400. The van der Waals surface area contributed by atoms with Crippen LogP contribution in [0.5, 0.6) is 17.4 Å². The lowest BCUT2D eigenvalue weighted by molar-refractivity contribution is -0.111. The number of methoxy groups -OCH3 is 1. The number of nitrogens with one attached hydrogen (secondary N) is 2. The lowest BCUT2D eigenvalue weighted by Crippen LogP contribution is -2.36. The van der Waals surface area contributed by atoms with Gasteiger partial charge >= 0.3 is 0 Å². The van der Waals surface area contributed by atoms with Crippen molar-refractivity contribution in [3.63, 3.8) is 0 Å². The Morgan fingerprint density at radius 2 is 2.03 bits per heavy atom. The van der Waals surface area contributed by atoms with Crippen LogP contribution in [0.4, 0.5) is 23.0 Å². The van der Waals surface area contributed by atoms with Crippen LogP contribution in [0.25, 0.3) is 10.2 Å². The van der Waals surface area contributed by atoms with Crippen molar-refractivity contribution in [1.29, 1.82) is 0 Å². The average molecular weight is 504 g/mol. The zero-order valence-electron chi connectivity index (χ0n) is 19.7. The summed E-state index contributed by atoms with van der Waals surface area (Å²) in [6.45, 7) is 6.58. The number of ether oxygens (including phenoxy) is 3. The molecule has 36 heavy (non-hydrogen) atoms. The number of thiophene rings is 1. The van der Waals surface area contributed by atoms with E-state index in [-0.39, 0.29) is 5.91 Å². The molecule has 1 saturated heterocycles. The van der Waals surface area contributed by atoms with Gasteiger partial charge in [0.2, 0.25) is 17.7 Å². The SMILES string of the molecule is C=CC(=O)Nc1cccc(Oc2nc(Nc3ccc(N4CCOCC4)cc3OC)nc3ccsc23)c1. The molecule has 2 N–H and O–H groups in total. The van der Waals surface area contributed by atoms with E-state index in [1.54, 1.807) is 31.4 Å². The number of fused-ring (bicyclic) bond motifs is 1. The second-order valence-corrected chi connectivity index (χ2v) is 8.84. The number of aromatic nitrogens is 2. The minimum atomic E-state index is -0.296. The number of hydrogen-bond donors (Lipinski definition) is 2. The van der Waals surface area contributed by atoms with Crippen molar-refractivity contribution in [3.05, 3.63) is 66.6 Å². The van der Waals surface area contributed by atoms with Gasteiger partial charge in [0.05, 0.1) is 31.5 Å². The Morgan fingerprint density at radius 1 is 1.17 bits per heavy atom. The van der Waals surface area contributed by atoms with E-state index in [1.165, 1.54) is 17.4 Å². The molecular weight excluding hydrogens is 478 g/mol. The van der Waals surface area contributed by atoms with Crippen LogP contribution in [0.2, 0.25) is 0 Å². The molecule has 0 unspecified atom stereocenters. The first kappa shape index (κ1) is 23.6. The molecule has 184 valence electrons. The first-order valence-corrected chi connectivity index (χ1v) is 12.3. The molecule has 0 radical (unpaired) electrons. The van der Waals surface area contributed by atoms with Gasteiger partial charge < -0.3 is 29.7 Å². The Morgan fingerprint density at radius 3 is 2.83 bits per heavy atom. The van der Waals surface area contributed by atoms with Gasteiger partial charge in [0.1, 0.15) is 16.2 Å². The maximum absolute atomic E-state index is 11.7. The molecule has 0 bridgehead atoms. The number of anilines is 4. The van der Waals surface area contributed by atoms with Crippen LogP contribution in [-0.2, 0) is 9.53 Å². The quantitative estimate of drug-likeness (QED) is 0.317. The van der Waals surface area contributed by atoms with Crippen LogP contribution in [0.15, 0.2) is 66.6 Å². The molecule has 2 aromatic carbocycles. The second kappa shape index (κ2) is 10.6. The molecule has 0 aliphatic carbocycles. The van der Waals surface area contributed by atoms with Gasteiger partial charge in [-0.2, -0.15) is 4.98 Å². The predicted octanol–water partition coefficient (Wildman–Crippen LogP) is 5.20. The highest BCUT2D eigenvalue weighted by Crippen LogP contribution is 2.36. The van der Waals surface area contributed by atoms with Crippen LogP contribution in [0.3, 0.4) is 0 Å². The zero-order chi connectivity index (χ0) is 24.9. The number of benzene rings is 2. The molecule has 4 aromatic rings. The standard InChI is InChI=1S/C26H25N5O4S/c1-3-23(32)27-17-5-4-6-19(15-17)35-25-24-21(9-14-36-24)29-26(30-25)28-20-8-7-18(16-22(20)33-2)31-10-12-34-13-11-31/h3-9,14-16H,1,10-13H2,2H3,(H,27,32)(H,28,29,30). The van der Waals surface area contributed by atoms with Gasteiger partial charge in [0.15, 0.2) is 0 Å². The summed E-state index contributed by atoms with van der Waals surface area (Å²) in [5.41, 5.74) is 3.16. The first-order valence-electron chi connectivity index (χ1n) is 11.4. The smallest absolute Gasteiger partial charge is 0.247 e. The Labute approximate surface area is 212 Å². The molecule has 0 saturated carbocycles. The highest BCUT2D eigenvalue weighted by molar-refractivity contribution is 7.17. The number of hydrogen-bond acceptors (Lipinski definition) is 9. The van der Waals surface area contributed by atoms with Crippen molar-refractivity contribution in [2.75, 3.05) is 48.9 Å². The maximum Gasteiger partial charge on any atom is 0.247 e. The molecule has 1 fully saturated rings. The molecule has 0 spiro atoms. The minimum absolute atomic E-state index is 0.296. The molecular formula is C26H25N5O4S. The van der Waals surface area contributed by atoms with E-state index >= 15 is 0 Å². The third kappa shape index (κ3) is 5.24. The fraction of sp³-hybridized carbons (Fsp3) is 0.192. The van der Waals surface area contributed by atoms with Crippen LogP contribution in [-0.4, -0.2) is 49.3 Å². The van der Waals surface area contributed by atoms with E-state index in [0.29, 0.717) is 42.2 Å². The Hall–Kier alpha value is -4.15. The minimum Gasteiger partial charge on any atom is -0.494 e. The van der Waals surface area contributed by atoms with E-state index in [1.807, 2.05) is 29.6 Å². The molecule has 5 rings (SSSR count). The van der Waals surface area contributed by atoms with Gasteiger partial charge in [-0.3, -0.25) is 4.79 Å². The molecule has 9 nitrogen and oxygen atoms in total. The van der Waals surface area contributed by atoms with Crippen LogP contribution >= 0.6 is 11.3 Å². The van der Waals surface area contributed by atoms with E-state index in [0.717, 1.165) is 34.7 Å². The highest BCUT2D eigenvalue weighted by atomic mass is 32.1. The third-order valence-electron chi connectivity index (χ3n) is 5.58. The van der Waals surface area contributed by atoms with Gasteiger partial charge in [0.25, 0.3) is 0 Å². The summed E-state index contributed by atoms with van der Waals surface area (Å²) >= 11 is 1.49. The lowest BCUT2D eigenvalue weighted by atomic mass is 10.2. The fourth-order valence-electron chi connectivity index (χ4n) is 3.83. The van der Waals surface area contributed by atoms with Crippen molar-refractivity contribution in [2.45, 2.75) is 0 Å². The Balaban J connectivity index is 1.41. The largest absolute Gasteiger partial charge is 0.494 e. The number of nitrogens with zero attached hydrogens (tertiary/aromatic N) is 3. The van der Waals surface area contributed by atoms with Crippen LogP contribution < -0.4 is 25.0 Å². The van der Waals surface area contributed by atoms with Crippen molar-refractivity contribution in [2.24, 2.45) is 0 Å². The summed E-state index contributed by atoms with van der Waals surface area (Å²) in [6, 6.07) is 15.0. The molecule has 2 aromatic heterocycles.